The van der Waals surface area contributed by atoms with Crippen molar-refractivity contribution >= 4 is 11.8 Å². The standard InChI is InChI=1S/C9H13NO3/c1-3-4-7(11)8(9(12)13)6(2)5-10/h6,8H,3-4H2,1-2H3,(H,12,13). The molecule has 0 fully saturated rings. The fourth-order valence-electron chi connectivity index (χ4n) is 1.11. The quantitative estimate of drug-likeness (QED) is 0.650. The van der Waals surface area contributed by atoms with E-state index < -0.39 is 17.8 Å². The van der Waals surface area contributed by atoms with Crippen molar-refractivity contribution in [3.8, 4) is 6.07 Å². The largest absolute Gasteiger partial charge is 0.481 e. The highest BCUT2D eigenvalue weighted by Crippen LogP contribution is 2.14. The molecule has 1 N–H and O–H groups in total. The van der Waals surface area contributed by atoms with Crippen molar-refractivity contribution in [2.24, 2.45) is 11.8 Å². The molecule has 0 rings (SSSR count). The van der Waals surface area contributed by atoms with Crippen LogP contribution >= 0.6 is 0 Å². The van der Waals surface area contributed by atoms with Crippen molar-refractivity contribution in [2.45, 2.75) is 26.7 Å². The zero-order valence-corrected chi connectivity index (χ0v) is 7.78. The van der Waals surface area contributed by atoms with Crippen LogP contribution in [0.2, 0.25) is 0 Å². The minimum Gasteiger partial charge on any atom is -0.481 e. The molecule has 4 nitrogen and oxygen atoms in total. The number of carboxylic acids is 1. The van der Waals surface area contributed by atoms with Gasteiger partial charge in [-0.05, 0) is 13.3 Å². The molecule has 0 aromatic heterocycles. The third-order valence-electron chi connectivity index (χ3n) is 1.81. The van der Waals surface area contributed by atoms with E-state index in [1.165, 1.54) is 6.92 Å². The van der Waals surface area contributed by atoms with Gasteiger partial charge in [-0.2, -0.15) is 5.26 Å². The van der Waals surface area contributed by atoms with Gasteiger partial charge in [-0.3, -0.25) is 9.59 Å². The first-order chi connectivity index (χ1) is 6.04. The lowest BCUT2D eigenvalue weighted by molar-refractivity contribution is -0.147. The van der Waals surface area contributed by atoms with E-state index in [1.807, 2.05) is 0 Å². The molecule has 0 bridgehead atoms. The van der Waals surface area contributed by atoms with Crippen molar-refractivity contribution < 1.29 is 14.7 Å². The summed E-state index contributed by atoms with van der Waals surface area (Å²) in [6.45, 7) is 3.25. The maximum Gasteiger partial charge on any atom is 0.315 e. The van der Waals surface area contributed by atoms with Gasteiger partial charge < -0.3 is 5.11 Å². The number of hydrogen-bond donors (Lipinski definition) is 1. The van der Waals surface area contributed by atoms with Crippen LogP contribution in [-0.4, -0.2) is 16.9 Å². The predicted molar refractivity (Wildman–Crippen MR) is 45.8 cm³/mol. The molecule has 72 valence electrons. The molecule has 0 amide bonds. The lowest BCUT2D eigenvalue weighted by Crippen LogP contribution is -2.29. The Balaban J connectivity index is 4.53. The van der Waals surface area contributed by atoms with E-state index in [4.69, 9.17) is 10.4 Å². The molecular weight excluding hydrogens is 170 g/mol. The molecule has 0 saturated carbocycles. The number of ketones is 1. The Morgan fingerprint density at radius 2 is 2.08 bits per heavy atom. The Hall–Kier alpha value is -1.37. The van der Waals surface area contributed by atoms with Crippen molar-refractivity contribution in [2.75, 3.05) is 0 Å². The molecular formula is C9H13NO3. The third-order valence-corrected chi connectivity index (χ3v) is 1.81. The molecule has 0 aliphatic carbocycles. The maximum absolute atomic E-state index is 11.3. The molecule has 2 unspecified atom stereocenters. The highest BCUT2D eigenvalue weighted by atomic mass is 16.4. The van der Waals surface area contributed by atoms with Crippen LogP contribution in [-0.2, 0) is 9.59 Å². The molecule has 0 heterocycles. The Morgan fingerprint density at radius 3 is 2.38 bits per heavy atom. The summed E-state index contributed by atoms with van der Waals surface area (Å²) in [7, 11) is 0. The molecule has 0 aromatic rings. The first-order valence-electron chi connectivity index (χ1n) is 4.19. The van der Waals surface area contributed by atoms with Crippen molar-refractivity contribution in [3.63, 3.8) is 0 Å². The van der Waals surface area contributed by atoms with E-state index in [0.717, 1.165) is 0 Å². The second-order valence-electron chi connectivity index (χ2n) is 2.95. The van der Waals surface area contributed by atoms with Crippen LogP contribution < -0.4 is 0 Å². The zero-order chi connectivity index (χ0) is 10.4. The van der Waals surface area contributed by atoms with E-state index in [0.29, 0.717) is 6.42 Å². The van der Waals surface area contributed by atoms with E-state index >= 15 is 0 Å². The van der Waals surface area contributed by atoms with Crippen LogP contribution in [0.3, 0.4) is 0 Å². The molecule has 0 radical (unpaired) electrons. The number of carbonyl (C=O) groups excluding carboxylic acids is 1. The van der Waals surface area contributed by atoms with Crippen LogP contribution in [0, 0.1) is 23.2 Å². The van der Waals surface area contributed by atoms with Gasteiger partial charge in [0.15, 0.2) is 0 Å². The summed E-state index contributed by atoms with van der Waals surface area (Å²) in [4.78, 5) is 21.9. The van der Waals surface area contributed by atoms with Gasteiger partial charge in [0, 0.05) is 6.42 Å². The monoisotopic (exact) mass is 183 g/mol. The van der Waals surface area contributed by atoms with Crippen molar-refractivity contribution in [3.05, 3.63) is 0 Å². The van der Waals surface area contributed by atoms with E-state index in [9.17, 15) is 9.59 Å². The fourth-order valence-corrected chi connectivity index (χ4v) is 1.11. The van der Waals surface area contributed by atoms with Crippen LogP contribution in [0.4, 0.5) is 0 Å². The van der Waals surface area contributed by atoms with Crippen LogP contribution in [0.1, 0.15) is 26.7 Å². The van der Waals surface area contributed by atoms with Crippen LogP contribution in [0.5, 0.6) is 0 Å². The highest BCUT2D eigenvalue weighted by Gasteiger charge is 2.30. The Morgan fingerprint density at radius 1 is 1.54 bits per heavy atom. The Labute approximate surface area is 77.2 Å². The molecule has 0 aromatic carbocycles. The molecule has 4 heteroatoms. The maximum atomic E-state index is 11.3. The van der Waals surface area contributed by atoms with Gasteiger partial charge in [0.1, 0.15) is 11.7 Å². The second kappa shape index (κ2) is 5.31. The molecule has 0 spiro atoms. The van der Waals surface area contributed by atoms with Crippen LogP contribution in [0.15, 0.2) is 0 Å². The fraction of sp³-hybridized carbons (Fsp3) is 0.667. The minimum absolute atomic E-state index is 0.225. The number of nitrogens with zero attached hydrogens (tertiary/aromatic N) is 1. The van der Waals surface area contributed by atoms with Gasteiger partial charge in [0.2, 0.25) is 0 Å². The van der Waals surface area contributed by atoms with Gasteiger partial charge in [0.05, 0.1) is 12.0 Å². The zero-order valence-electron chi connectivity index (χ0n) is 7.78. The van der Waals surface area contributed by atoms with Gasteiger partial charge in [-0.25, -0.2) is 0 Å². The number of Topliss-reactive ketones (excluding diaryl/α,β-unsaturated/α-hetero) is 1. The van der Waals surface area contributed by atoms with Crippen molar-refractivity contribution in [1.82, 2.24) is 0 Å². The first-order valence-corrected chi connectivity index (χ1v) is 4.19. The molecule has 0 saturated heterocycles. The SMILES string of the molecule is CCCC(=O)C(C(=O)O)C(C)C#N. The predicted octanol–water partition coefficient (Wildman–Crippen LogP) is 1.22. The van der Waals surface area contributed by atoms with E-state index in [2.05, 4.69) is 0 Å². The lowest BCUT2D eigenvalue weighted by atomic mass is 9.89. The van der Waals surface area contributed by atoms with Crippen LogP contribution in [0.25, 0.3) is 0 Å². The summed E-state index contributed by atoms with van der Waals surface area (Å²) in [6, 6.07) is 1.78. The third kappa shape index (κ3) is 3.24. The number of aliphatic carboxylic acids is 1. The molecule has 0 aliphatic rings. The summed E-state index contributed by atoms with van der Waals surface area (Å²) >= 11 is 0. The first kappa shape index (κ1) is 11.6. The Kier molecular flexibility index (Phi) is 4.75. The summed E-state index contributed by atoms with van der Waals surface area (Å²) in [6.07, 6.45) is 0.837. The summed E-state index contributed by atoms with van der Waals surface area (Å²) in [5.74, 6) is -3.47. The molecule has 13 heavy (non-hydrogen) atoms. The van der Waals surface area contributed by atoms with Crippen molar-refractivity contribution in [1.29, 1.82) is 5.26 Å². The minimum atomic E-state index is -1.20. The average molecular weight is 183 g/mol. The number of carbonyl (C=O) groups is 2. The molecule has 0 aliphatic heterocycles. The summed E-state index contributed by atoms with van der Waals surface area (Å²) < 4.78 is 0. The highest BCUT2D eigenvalue weighted by molar-refractivity contribution is 5.98. The smallest absolute Gasteiger partial charge is 0.315 e. The number of nitriles is 1. The summed E-state index contributed by atoms with van der Waals surface area (Å²) in [5.41, 5.74) is 0. The second-order valence-corrected chi connectivity index (χ2v) is 2.95. The number of hydrogen-bond acceptors (Lipinski definition) is 3. The average Bonchev–Trinajstić information content (AvgIpc) is 2.04. The number of rotatable bonds is 5. The van der Waals surface area contributed by atoms with Gasteiger partial charge in [0.25, 0.3) is 0 Å². The van der Waals surface area contributed by atoms with Gasteiger partial charge in [-0.1, -0.05) is 6.92 Å². The van der Waals surface area contributed by atoms with Gasteiger partial charge >= 0.3 is 5.97 Å². The topological polar surface area (TPSA) is 78.2 Å². The van der Waals surface area contributed by atoms with E-state index in [-0.39, 0.29) is 12.2 Å². The van der Waals surface area contributed by atoms with Gasteiger partial charge in [-0.15, -0.1) is 0 Å². The lowest BCUT2D eigenvalue weighted by Gasteiger charge is -2.11. The molecule has 2 atom stereocenters. The summed E-state index contributed by atoms with van der Waals surface area (Å²) in [5, 5.41) is 17.2. The normalized spacial score (nSPS) is 14.2. The Bertz CT molecular complexity index is 242. The number of carboxylic acid groups (broad SMARTS) is 1. The van der Waals surface area contributed by atoms with E-state index in [1.54, 1.807) is 13.0 Å².